The number of ketones is 1. The zero-order chi connectivity index (χ0) is 10.4. The SMILES string of the molecule is C=CCCCC(=O)C1(C)CCCCN1. The first-order chi connectivity index (χ1) is 6.69. The number of carbonyl (C=O) groups excluding carboxylic acids is 1. The molecule has 0 amide bonds. The third-order valence-corrected chi connectivity index (χ3v) is 3.05. The van der Waals surface area contributed by atoms with Gasteiger partial charge in [0.15, 0.2) is 5.78 Å². The van der Waals surface area contributed by atoms with E-state index in [9.17, 15) is 4.79 Å². The van der Waals surface area contributed by atoms with Crippen molar-refractivity contribution in [2.45, 2.75) is 51.0 Å². The molecule has 80 valence electrons. The van der Waals surface area contributed by atoms with Gasteiger partial charge in [0.25, 0.3) is 0 Å². The van der Waals surface area contributed by atoms with Crippen LogP contribution in [0.1, 0.15) is 45.4 Å². The summed E-state index contributed by atoms with van der Waals surface area (Å²) < 4.78 is 0. The molecule has 1 aliphatic heterocycles. The standard InChI is InChI=1S/C12H21NO/c1-3-4-5-8-11(14)12(2)9-6-7-10-13-12/h3,13H,1,4-10H2,2H3. The van der Waals surface area contributed by atoms with Crippen LogP contribution in [-0.4, -0.2) is 17.9 Å². The van der Waals surface area contributed by atoms with E-state index in [1.165, 1.54) is 12.8 Å². The number of hydrogen-bond donors (Lipinski definition) is 1. The molecule has 1 rings (SSSR count). The van der Waals surface area contributed by atoms with E-state index in [4.69, 9.17) is 0 Å². The molecule has 0 saturated carbocycles. The smallest absolute Gasteiger partial charge is 0.152 e. The van der Waals surface area contributed by atoms with Crippen molar-refractivity contribution in [1.29, 1.82) is 0 Å². The van der Waals surface area contributed by atoms with Crippen LogP contribution < -0.4 is 5.32 Å². The van der Waals surface area contributed by atoms with Gasteiger partial charge in [-0.2, -0.15) is 0 Å². The Morgan fingerprint density at radius 3 is 2.93 bits per heavy atom. The Kier molecular flexibility index (Phi) is 4.33. The summed E-state index contributed by atoms with van der Waals surface area (Å²) in [6.45, 7) is 6.69. The van der Waals surface area contributed by atoms with E-state index in [0.717, 1.165) is 25.8 Å². The van der Waals surface area contributed by atoms with Crippen molar-refractivity contribution in [1.82, 2.24) is 5.32 Å². The van der Waals surface area contributed by atoms with E-state index < -0.39 is 0 Å². The first-order valence-corrected chi connectivity index (χ1v) is 5.58. The number of Topliss-reactive ketones (excluding diaryl/α,β-unsaturated/α-hetero) is 1. The van der Waals surface area contributed by atoms with E-state index in [1.807, 2.05) is 13.0 Å². The van der Waals surface area contributed by atoms with E-state index in [2.05, 4.69) is 11.9 Å². The lowest BCUT2D eigenvalue weighted by atomic mass is 9.85. The normalized spacial score (nSPS) is 27.2. The number of piperidine rings is 1. The molecule has 1 saturated heterocycles. The molecule has 0 aromatic carbocycles. The predicted octanol–water partition coefficient (Wildman–Crippen LogP) is 2.44. The Morgan fingerprint density at radius 2 is 2.36 bits per heavy atom. The van der Waals surface area contributed by atoms with Gasteiger partial charge in [-0.1, -0.05) is 6.08 Å². The van der Waals surface area contributed by atoms with Crippen molar-refractivity contribution in [2.75, 3.05) is 6.54 Å². The zero-order valence-corrected chi connectivity index (χ0v) is 9.14. The van der Waals surface area contributed by atoms with Crippen LogP contribution in [0, 0.1) is 0 Å². The van der Waals surface area contributed by atoms with Gasteiger partial charge in [0.05, 0.1) is 5.54 Å². The third kappa shape index (κ3) is 2.95. The molecule has 1 unspecified atom stereocenters. The van der Waals surface area contributed by atoms with Crippen LogP contribution in [0.4, 0.5) is 0 Å². The van der Waals surface area contributed by atoms with Crippen molar-refractivity contribution >= 4 is 5.78 Å². The Morgan fingerprint density at radius 1 is 1.57 bits per heavy atom. The maximum Gasteiger partial charge on any atom is 0.152 e. The lowest BCUT2D eigenvalue weighted by Crippen LogP contribution is -2.52. The number of nitrogens with one attached hydrogen (secondary N) is 1. The largest absolute Gasteiger partial charge is 0.305 e. The fraction of sp³-hybridized carbons (Fsp3) is 0.750. The van der Waals surface area contributed by atoms with Gasteiger partial charge in [0.1, 0.15) is 0 Å². The molecule has 0 bridgehead atoms. The summed E-state index contributed by atoms with van der Waals surface area (Å²) >= 11 is 0. The van der Waals surface area contributed by atoms with Crippen molar-refractivity contribution in [3.8, 4) is 0 Å². The maximum absolute atomic E-state index is 11.9. The molecule has 2 heteroatoms. The Bertz CT molecular complexity index is 204. The second kappa shape index (κ2) is 5.30. The van der Waals surface area contributed by atoms with Crippen LogP contribution in [0.3, 0.4) is 0 Å². The van der Waals surface area contributed by atoms with Gasteiger partial charge in [-0.3, -0.25) is 4.79 Å². The monoisotopic (exact) mass is 195 g/mol. The van der Waals surface area contributed by atoms with Gasteiger partial charge in [-0.15, -0.1) is 6.58 Å². The van der Waals surface area contributed by atoms with Crippen molar-refractivity contribution < 1.29 is 4.79 Å². The molecular weight excluding hydrogens is 174 g/mol. The van der Waals surface area contributed by atoms with Gasteiger partial charge in [0, 0.05) is 6.42 Å². The Balaban J connectivity index is 2.36. The molecule has 1 heterocycles. The summed E-state index contributed by atoms with van der Waals surface area (Å²) in [5.41, 5.74) is -0.237. The van der Waals surface area contributed by atoms with Crippen LogP contribution >= 0.6 is 0 Å². The van der Waals surface area contributed by atoms with Crippen molar-refractivity contribution in [3.05, 3.63) is 12.7 Å². The van der Waals surface area contributed by atoms with E-state index in [1.54, 1.807) is 0 Å². The molecule has 0 aliphatic carbocycles. The molecule has 1 N–H and O–H groups in total. The number of rotatable bonds is 5. The molecule has 0 aromatic heterocycles. The van der Waals surface area contributed by atoms with Gasteiger partial charge in [0.2, 0.25) is 0 Å². The van der Waals surface area contributed by atoms with Gasteiger partial charge in [-0.05, 0) is 45.6 Å². The first kappa shape index (κ1) is 11.4. The summed E-state index contributed by atoms with van der Waals surface area (Å²) in [5, 5.41) is 3.35. The van der Waals surface area contributed by atoms with Crippen LogP contribution in [0.25, 0.3) is 0 Å². The highest BCUT2D eigenvalue weighted by Gasteiger charge is 2.32. The highest BCUT2D eigenvalue weighted by molar-refractivity contribution is 5.88. The van der Waals surface area contributed by atoms with Crippen LogP contribution in [0.15, 0.2) is 12.7 Å². The third-order valence-electron chi connectivity index (χ3n) is 3.05. The average Bonchev–Trinajstić information content (AvgIpc) is 2.19. The number of unbranched alkanes of at least 4 members (excludes halogenated alkanes) is 1. The lowest BCUT2D eigenvalue weighted by molar-refractivity contribution is -0.125. The minimum atomic E-state index is -0.237. The second-order valence-corrected chi connectivity index (χ2v) is 4.32. The summed E-state index contributed by atoms with van der Waals surface area (Å²) in [6, 6.07) is 0. The molecular formula is C12H21NO. The molecule has 1 aliphatic rings. The van der Waals surface area contributed by atoms with E-state index in [0.29, 0.717) is 12.2 Å². The minimum Gasteiger partial charge on any atom is -0.305 e. The predicted molar refractivity (Wildman–Crippen MR) is 59.3 cm³/mol. The number of hydrogen-bond acceptors (Lipinski definition) is 2. The fourth-order valence-corrected chi connectivity index (χ4v) is 1.98. The Labute approximate surface area is 86.8 Å². The summed E-state index contributed by atoms with van der Waals surface area (Å²) in [7, 11) is 0. The summed E-state index contributed by atoms with van der Waals surface area (Å²) in [6.07, 6.45) is 7.84. The van der Waals surface area contributed by atoms with Crippen molar-refractivity contribution in [3.63, 3.8) is 0 Å². The maximum atomic E-state index is 11.9. The van der Waals surface area contributed by atoms with E-state index in [-0.39, 0.29) is 5.54 Å². The van der Waals surface area contributed by atoms with Gasteiger partial charge < -0.3 is 5.32 Å². The van der Waals surface area contributed by atoms with Gasteiger partial charge in [-0.25, -0.2) is 0 Å². The van der Waals surface area contributed by atoms with E-state index >= 15 is 0 Å². The molecule has 0 radical (unpaired) electrons. The molecule has 0 spiro atoms. The van der Waals surface area contributed by atoms with Crippen LogP contribution in [0.2, 0.25) is 0 Å². The van der Waals surface area contributed by atoms with Crippen molar-refractivity contribution in [2.24, 2.45) is 0 Å². The highest BCUT2D eigenvalue weighted by Crippen LogP contribution is 2.21. The highest BCUT2D eigenvalue weighted by atomic mass is 16.1. The Hall–Kier alpha value is -0.630. The topological polar surface area (TPSA) is 29.1 Å². The van der Waals surface area contributed by atoms with Crippen LogP contribution in [0.5, 0.6) is 0 Å². The van der Waals surface area contributed by atoms with Crippen LogP contribution in [-0.2, 0) is 4.79 Å². The summed E-state index contributed by atoms with van der Waals surface area (Å²) in [4.78, 5) is 11.9. The molecule has 0 aromatic rings. The average molecular weight is 195 g/mol. The summed E-state index contributed by atoms with van der Waals surface area (Å²) in [5.74, 6) is 0.374. The molecule has 2 nitrogen and oxygen atoms in total. The molecule has 14 heavy (non-hydrogen) atoms. The molecule has 1 atom stereocenters. The quantitative estimate of drug-likeness (QED) is 0.539. The van der Waals surface area contributed by atoms with Gasteiger partial charge >= 0.3 is 0 Å². The number of allylic oxidation sites excluding steroid dienone is 1. The fourth-order valence-electron chi connectivity index (χ4n) is 1.98. The number of carbonyl (C=O) groups is 1. The minimum absolute atomic E-state index is 0.237. The second-order valence-electron chi connectivity index (χ2n) is 4.32. The molecule has 1 fully saturated rings. The zero-order valence-electron chi connectivity index (χ0n) is 9.14. The first-order valence-electron chi connectivity index (χ1n) is 5.58. The lowest BCUT2D eigenvalue weighted by Gasteiger charge is -2.33.